The molecule has 0 bridgehead atoms. The fourth-order valence-electron chi connectivity index (χ4n) is 1.82. The molecule has 0 aliphatic heterocycles. The highest BCUT2D eigenvalue weighted by Gasteiger charge is 2.07. The molecule has 0 heterocycles. The van der Waals surface area contributed by atoms with Crippen LogP contribution in [0.15, 0.2) is 24.3 Å². The maximum Gasteiger partial charge on any atom is 0.0641 e. The predicted molar refractivity (Wildman–Crippen MR) is 74.5 cm³/mol. The summed E-state index contributed by atoms with van der Waals surface area (Å²) in [5, 5.41) is 0. The summed E-state index contributed by atoms with van der Waals surface area (Å²) in [7, 11) is 0. The van der Waals surface area contributed by atoms with E-state index in [0.717, 1.165) is 50.5 Å². The molecule has 3 nitrogen and oxygen atoms in total. The van der Waals surface area contributed by atoms with Gasteiger partial charge in [0.25, 0.3) is 0 Å². The van der Waals surface area contributed by atoms with Gasteiger partial charge in [0.15, 0.2) is 0 Å². The number of nitrogen functional groups attached to an aromatic ring is 1. The largest absolute Gasteiger partial charge is 0.397 e. The van der Waals surface area contributed by atoms with E-state index in [2.05, 4.69) is 24.8 Å². The van der Waals surface area contributed by atoms with Crippen molar-refractivity contribution >= 4 is 11.4 Å². The molecule has 17 heavy (non-hydrogen) atoms. The van der Waals surface area contributed by atoms with Gasteiger partial charge in [-0.25, -0.2) is 0 Å². The van der Waals surface area contributed by atoms with Gasteiger partial charge in [0.05, 0.1) is 18.0 Å². The number of nitrogens with two attached hydrogens (primary N) is 1. The van der Waals surface area contributed by atoms with Gasteiger partial charge in [-0.3, -0.25) is 0 Å². The van der Waals surface area contributed by atoms with Crippen LogP contribution in [0.25, 0.3) is 0 Å². The number of benzene rings is 1. The van der Waals surface area contributed by atoms with Gasteiger partial charge in [0.2, 0.25) is 0 Å². The lowest BCUT2D eigenvalue weighted by molar-refractivity contribution is 0.141. The SMILES string of the molecule is CCCOCCN(CCC)c1ccccc1N. The van der Waals surface area contributed by atoms with Crippen LogP contribution in [0.1, 0.15) is 26.7 Å². The van der Waals surface area contributed by atoms with Gasteiger partial charge in [-0.05, 0) is 25.0 Å². The van der Waals surface area contributed by atoms with Gasteiger partial charge in [-0.1, -0.05) is 26.0 Å². The third-order valence-electron chi connectivity index (χ3n) is 2.62. The first-order chi connectivity index (χ1) is 8.29. The van der Waals surface area contributed by atoms with Crippen molar-refractivity contribution in [3.63, 3.8) is 0 Å². The Balaban J connectivity index is 2.56. The van der Waals surface area contributed by atoms with E-state index in [1.54, 1.807) is 0 Å². The maximum absolute atomic E-state index is 6.00. The Hall–Kier alpha value is -1.22. The lowest BCUT2D eigenvalue weighted by Gasteiger charge is -2.25. The van der Waals surface area contributed by atoms with Crippen molar-refractivity contribution in [2.24, 2.45) is 0 Å². The van der Waals surface area contributed by atoms with Gasteiger partial charge in [0, 0.05) is 19.7 Å². The Morgan fingerprint density at radius 1 is 1.06 bits per heavy atom. The van der Waals surface area contributed by atoms with Crippen LogP contribution in [0, 0.1) is 0 Å². The Morgan fingerprint density at radius 3 is 2.47 bits per heavy atom. The van der Waals surface area contributed by atoms with Crippen LogP contribution in [0.4, 0.5) is 11.4 Å². The van der Waals surface area contributed by atoms with E-state index in [0.29, 0.717) is 0 Å². The molecular weight excluding hydrogens is 212 g/mol. The predicted octanol–water partition coefficient (Wildman–Crippen LogP) is 2.91. The standard InChI is InChI=1S/C14H24N2O/c1-3-9-16(10-12-17-11-4-2)14-8-6-5-7-13(14)15/h5-8H,3-4,9-12,15H2,1-2H3. The zero-order chi connectivity index (χ0) is 12.5. The van der Waals surface area contributed by atoms with Crippen molar-refractivity contribution in [3.05, 3.63) is 24.3 Å². The smallest absolute Gasteiger partial charge is 0.0641 e. The monoisotopic (exact) mass is 236 g/mol. The number of rotatable bonds is 8. The summed E-state index contributed by atoms with van der Waals surface area (Å²) in [6.45, 7) is 7.83. The van der Waals surface area contributed by atoms with E-state index in [4.69, 9.17) is 10.5 Å². The molecule has 3 heteroatoms. The van der Waals surface area contributed by atoms with E-state index >= 15 is 0 Å². The van der Waals surface area contributed by atoms with Crippen LogP contribution in [-0.2, 0) is 4.74 Å². The molecule has 0 spiro atoms. The topological polar surface area (TPSA) is 38.5 Å². The van der Waals surface area contributed by atoms with Gasteiger partial charge >= 0.3 is 0 Å². The van der Waals surface area contributed by atoms with Crippen LogP contribution in [-0.4, -0.2) is 26.3 Å². The first kappa shape index (κ1) is 13.8. The molecule has 1 rings (SSSR count). The molecule has 0 saturated carbocycles. The molecule has 0 aromatic heterocycles. The summed E-state index contributed by atoms with van der Waals surface area (Å²) in [5.74, 6) is 0. The third-order valence-corrected chi connectivity index (χ3v) is 2.62. The molecule has 0 radical (unpaired) electrons. The van der Waals surface area contributed by atoms with Crippen molar-refractivity contribution in [2.45, 2.75) is 26.7 Å². The minimum Gasteiger partial charge on any atom is -0.397 e. The minimum absolute atomic E-state index is 0.766. The summed E-state index contributed by atoms with van der Waals surface area (Å²) in [6.07, 6.45) is 2.18. The molecule has 0 atom stereocenters. The van der Waals surface area contributed by atoms with Crippen molar-refractivity contribution in [3.8, 4) is 0 Å². The summed E-state index contributed by atoms with van der Waals surface area (Å²) < 4.78 is 5.54. The number of ether oxygens (including phenoxy) is 1. The fourth-order valence-corrected chi connectivity index (χ4v) is 1.82. The Morgan fingerprint density at radius 2 is 1.82 bits per heavy atom. The molecule has 1 aromatic carbocycles. The van der Waals surface area contributed by atoms with E-state index in [1.165, 1.54) is 0 Å². The van der Waals surface area contributed by atoms with Gasteiger partial charge in [-0.15, -0.1) is 0 Å². The molecule has 0 amide bonds. The van der Waals surface area contributed by atoms with E-state index < -0.39 is 0 Å². The van der Waals surface area contributed by atoms with E-state index in [9.17, 15) is 0 Å². The van der Waals surface area contributed by atoms with Gasteiger partial charge in [-0.2, -0.15) is 0 Å². The second kappa shape index (κ2) is 7.96. The Kier molecular flexibility index (Phi) is 6.48. The maximum atomic E-state index is 6.00. The highest BCUT2D eigenvalue weighted by atomic mass is 16.5. The molecule has 96 valence electrons. The van der Waals surface area contributed by atoms with E-state index in [1.807, 2.05) is 18.2 Å². The molecular formula is C14H24N2O. The first-order valence-electron chi connectivity index (χ1n) is 6.46. The quantitative estimate of drug-likeness (QED) is 0.557. The summed E-state index contributed by atoms with van der Waals surface area (Å²) in [6, 6.07) is 8.02. The Bertz CT molecular complexity index is 315. The average molecular weight is 236 g/mol. The number of hydrogen-bond acceptors (Lipinski definition) is 3. The first-order valence-corrected chi connectivity index (χ1v) is 6.46. The third kappa shape index (κ3) is 4.65. The minimum atomic E-state index is 0.766. The highest BCUT2D eigenvalue weighted by Crippen LogP contribution is 2.22. The number of para-hydroxylation sites is 2. The average Bonchev–Trinajstić information content (AvgIpc) is 2.34. The summed E-state index contributed by atoms with van der Waals surface area (Å²) in [4.78, 5) is 2.30. The molecule has 0 fully saturated rings. The number of anilines is 2. The van der Waals surface area contributed by atoms with Gasteiger partial charge < -0.3 is 15.4 Å². The van der Waals surface area contributed by atoms with Gasteiger partial charge in [0.1, 0.15) is 0 Å². The van der Waals surface area contributed by atoms with Crippen molar-refractivity contribution < 1.29 is 4.74 Å². The number of nitrogens with zero attached hydrogens (tertiary/aromatic N) is 1. The van der Waals surface area contributed by atoms with Crippen LogP contribution in [0.2, 0.25) is 0 Å². The fraction of sp³-hybridized carbons (Fsp3) is 0.571. The zero-order valence-electron chi connectivity index (χ0n) is 11.0. The van der Waals surface area contributed by atoms with Crippen molar-refractivity contribution in [1.82, 2.24) is 0 Å². The van der Waals surface area contributed by atoms with Crippen LogP contribution in [0.3, 0.4) is 0 Å². The normalized spacial score (nSPS) is 10.5. The molecule has 0 aliphatic carbocycles. The lowest BCUT2D eigenvalue weighted by atomic mass is 10.2. The summed E-state index contributed by atoms with van der Waals surface area (Å²) in [5.41, 5.74) is 7.96. The second-order valence-electron chi connectivity index (χ2n) is 4.16. The van der Waals surface area contributed by atoms with Crippen LogP contribution in [0.5, 0.6) is 0 Å². The van der Waals surface area contributed by atoms with Crippen molar-refractivity contribution in [2.75, 3.05) is 36.9 Å². The zero-order valence-corrected chi connectivity index (χ0v) is 11.0. The molecule has 0 saturated heterocycles. The second-order valence-corrected chi connectivity index (χ2v) is 4.16. The highest BCUT2D eigenvalue weighted by molar-refractivity contribution is 5.67. The summed E-state index contributed by atoms with van der Waals surface area (Å²) >= 11 is 0. The van der Waals surface area contributed by atoms with Crippen LogP contribution >= 0.6 is 0 Å². The number of hydrogen-bond donors (Lipinski definition) is 1. The molecule has 1 aromatic rings. The lowest BCUT2D eigenvalue weighted by Crippen LogP contribution is -2.29. The van der Waals surface area contributed by atoms with E-state index in [-0.39, 0.29) is 0 Å². The molecule has 0 unspecified atom stereocenters. The molecule has 2 N–H and O–H groups in total. The van der Waals surface area contributed by atoms with Crippen molar-refractivity contribution in [1.29, 1.82) is 0 Å². The molecule has 0 aliphatic rings. The van der Waals surface area contributed by atoms with Crippen LogP contribution < -0.4 is 10.6 Å². The Labute approximate surface area is 105 Å².